The third-order valence-electron chi connectivity index (χ3n) is 2.84. The third kappa shape index (κ3) is 4.42. The Bertz CT molecular complexity index is 355. The number of carboxylic acid groups (broad SMARTS) is 1. The third-order valence-corrected chi connectivity index (χ3v) is 2.84. The number of carboxylic acids is 1. The van der Waals surface area contributed by atoms with Crippen LogP contribution in [0.3, 0.4) is 0 Å². The highest BCUT2D eigenvalue weighted by molar-refractivity contribution is 5.89. The monoisotopic (exact) mass is 273 g/mol. The fourth-order valence-electron chi connectivity index (χ4n) is 1.56. The molecule has 0 fully saturated rings. The number of nitrogens with one attached hydrogen (secondary N) is 2. The molecule has 0 rings (SSSR count). The molecule has 0 bridgehead atoms. The number of nitrogens with zero attached hydrogens (tertiary/aromatic N) is 1. The molecule has 0 saturated heterocycles. The van der Waals surface area contributed by atoms with E-state index in [1.165, 1.54) is 18.7 Å². The number of carbonyl (C=O) groups is 3. The molecule has 0 aromatic heterocycles. The van der Waals surface area contributed by atoms with Gasteiger partial charge in [-0.25, -0.2) is 9.59 Å². The molecule has 110 valence electrons. The number of hydrogen-bond donors (Lipinski definition) is 3. The molecule has 1 unspecified atom stereocenters. The van der Waals surface area contributed by atoms with Crippen molar-refractivity contribution in [2.24, 2.45) is 0 Å². The largest absolute Gasteiger partial charge is 0.480 e. The molecule has 3 amide bonds. The van der Waals surface area contributed by atoms with Crippen molar-refractivity contribution in [3.8, 4) is 0 Å². The van der Waals surface area contributed by atoms with Crippen LogP contribution >= 0.6 is 0 Å². The van der Waals surface area contributed by atoms with Gasteiger partial charge in [0.05, 0.1) is 0 Å². The second-order valence-electron chi connectivity index (χ2n) is 4.67. The number of rotatable bonds is 6. The van der Waals surface area contributed by atoms with Gasteiger partial charge in [0.1, 0.15) is 11.6 Å². The van der Waals surface area contributed by atoms with Crippen molar-refractivity contribution in [2.75, 3.05) is 13.1 Å². The van der Waals surface area contributed by atoms with Gasteiger partial charge in [0.25, 0.3) is 0 Å². The average Bonchev–Trinajstić information content (AvgIpc) is 2.29. The van der Waals surface area contributed by atoms with Crippen LogP contribution in [-0.2, 0) is 9.59 Å². The van der Waals surface area contributed by atoms with Crippen LogP contribution < -0.4 is 10.6 Å². The van der Waals surface area contributed by atoms with Gasteiger partial charge in [-0.05, 0) is 34.6 Å². The van der Waals surface area contributed by atoms with Crippen LogP contribution in [0, 0.1) is 0 Å². The van der Waals surface area contributed by atoms with E-state index in [-0.39, 0.29) is 12.5 Å². The highest BCUT2D eigenvalue weighted by atomic mass is 16.4. The van der Waals surface area contributed by atoms with E-state index in [1.807, 2.05) is 0 Å². The summed E-state index contributed by atoms with van der Waals surface area (Å²) < 4.78 is 0. The van der Waals surface area contributed by atoms with E-state index in [1.54, 1.807) is 20.8 Å². The molecule has 0 aromatic carbocycles. The Kier molecular flexibility index (Phi) is 6.31. The normalized spacial score (nSPS) is 12.5. The zero-order valence-electron chi connectivity index (χ0n) is 12.1. The van der Waals surface area contributed by atoms with E-state index in [4.69, 9.17) is 5.11 Å². The fraction of sp³-hybridized carbons (Fsp3) is 0.750. The molecule has 7 nitrogen and oxygen atoms in total. The molecule has 0 heterocycles. The van der Waals surface area contributed by atoms with E-state index < -0.39 is 23.6 Å². The molecular formula is C12H23N3O4. The molecule has 0 aliphatic heterocycles. The fourth-order valence-corrected chi connectivity index (χ4v) is 1.56. The molecule has 0 aliphatic rings. The van der Waals surface area contributed by atoms with Crippen molar-refractivity contribution < 1.29 is 19.5 Å². The summed E-state index contributed by atoms with van der Waals surface area (Å²) >= 11 is 0. The Balaban J connectivity index is 4.79. The summed E-state index contributed by atoms with van der Waals surface area (Å²) in [6.07, 6.45) is 0. The zero-order chi connectivity index (χ0) is 15.2. The number of likely N-dealkylation sites (N-methyl/N-ethyl adjacent to an activating group) is 2. The van der Waals surface area contributed by atoms with Crippen molar-refractivity contribution in [1.82, 2.24) is 15.5 Å². The zero-order valence-corrected chi connectivity index (χ0v) is 12.1. The van der Waals surface area contributed by atoms with Gasteiger partial charge < -0.3 is 20.6 Å². The second-order valence-corrected chi connectivity index (χ2v) is 4.67. The molecule has 1 atom stereocenters. The summed E-state index contributed by atoms with van der Waals surface area (Å²) in [5.41, 5.74) is -1.33. The molecule has 7 heteroatoms. The van der Waals surface area contributed by atoms with Gasteiger partial charge in [-0.1, -0.05) is 0 Å². The summed E-state index contributed by atoms with van der Waals surface area (Å²) in [6, 6.07) is -1.29. The van der Waals surface area contributed by atoms with Gasteiger partial charge in [0, 0.05) is 13.1 Å². The number of carbonyl (C=O) groups excluding carboxylic acids is 2. The smallest absolute Gasteiger partial charge is 0.329 e. The maximum absolute atomic E-state index is 12.0. The minimum atomic E-state index is -1.33. The first kappa shape index (κ1) is 17.2. The predicted molar refractivity (Wildman–Crippen MR) is 70.8 cm³/mol. The highest BCUT2D eigenvalue weighted by Crippen LogP contribution is 2.14. The number of urea groups is 1. The van der Waals surface area contributed by atoms with Gasteiger partial charge in [0.15, 0.2) is 0 Å². The molecule has 3 N–H and O–H groups in total. The van der Waals surface area contributed by atoms with E-state index in [0.29, 0.717) is 6.54 Å². The maximum atomic E-state index is 12.0. The van der Waals surface area contributed by atoms with Crippen molar-refractivity contribution >= 4 is 17.9 Å². The van der Waals surface area contributed by atoms with Gasteiger partial charge >= 0.3 is 12.0 Å². The Labute approximate surface area is 113 Å². The van der Waals surface area contributed by atoms with E-state index >= 15 is 0 Å². The summed E-state index contributed by atoms with van der Waals surface area (Å²) in [5.74, 6) is -1.41. The standard InChI is InChI=1S/C12H23N3O4/c1-6-13-9(16)8(3)14-11(19)15(7-2)12(4,5)10(17)18/h8H,6-7H2,1-5H3,(H,13,16)(H,14,19)(H,17,18). The van der Waals surface area contributed by atoms with Crippen molar-refractivity contribution in [3.05, 3.63) is 0 Å². The van der Waals surface area contributed by atoms with E-state index in [0.717, 1.165) is 0 Å². The van der Waals surface area contributed by atoms with Crippen LogP contribution in [0.15, 0.2) is 0 Å². The van der Waals surface area contributed by atoms with Crippen LogP contribution in [0.25, 0.3) is 0 Å². The lowest BCUT2D eigenvalue weighted by Crippen LogP contribution is -2.58. The first-order chi connectivity index (χ1) is 8.68. The first-order valence-electron chi connectivity index (χ1n) is 6.27. The van der Waals surface area contributed by atoms with Crippen LogP contribution in [0.1, 0.15) is 34.6 Å². The van der Waals surface area contributed by atoms with Crippen molar-refractivity contribution in [3.63, 3.8) is 0 Å². The van der Waals surface area contributed by atoms with Gasteiger partial charge in [-0.15, -0.1) is 0 Å². The summed E-state index contributed by atoms with van der Waals surface area (Å²) in [4.78, 5) is 35.8. The molecule has 0 aromatic rings. The summed E-state index contributed by atoms with van der Waals surface area (Å²) in [5, 5.41) is 14.2. The SMILES string of the molecule is CCNC(=O)C(C)NC(=O)N(CC)C(C)(C)C(=O)O. The Morgan fingerprint density at radius 3 is 2.16 bits per heavy atom. The Morgan fingerprint density at radius 1 is 1.26 bits per heavy atom. The van der Waals surface area contributed by atoms with Crippen LogP contribution in [0.5, 0.6) is 0 Å². The number of hydrogen-bond acceptors (Lipinski definition) is 3. The predicted octanol–water partition coefficient (Wildman–Crippen LogP) is 0.406. The summed E-state index contributed by atoms with van der Waals surface area (Å²) in [6.45, 7) is 8.58. The molecule has 19 heavy (non-hydrogen) atoms. The van der Waals surface area contributed by atoms with Crippen molar-refractivity contribution in [1.29, 1.82) is 0 Å². The molecule has 0 spiro atoms. The minimum absolute atomic E-state index is 0.229. The lowest BCUT2D eigenvalue weighted by Gasteiger charge is -2.34. The highest BCUT2D eigenvalue weighted by Gasteiger charge is 2.37. The molecule has 0 saturated carbocycles. The minimum Gasteiger partial charge on any atom is -0.480 e. The maximum Gasteiger partial charge on any atom is 0.329 e. The first-order valence-corrected chi connectivity index (χ1v) is 6.27. The van der Waals surface area contributed by atoms with E-state index in [9.17, 15) is 14.4 Å². The van der Waals surface area contributed by atoms with Gasteiger partial charge in [-0.2, -0.15) is 0 Å². The van der Waals surface area contributed by atoms with Gasteiger partial charge in [0.2, 0.25) is 5.91 Å². The van der Waals surface area contributed by atoms with E-state index in [2.05, 4.69) is 10.6 Å². The van der Waals surface area contributed by atoms with Gasteiger partial charge in [-0.3, -0.25) is 4.79 Å². The number of aliphatic carboxylic acids is 1. The molecule has 0 aliphatic carbocycles. The van der Waals surface area contributed by atoms with Crippen LogP contribution in [-0.4, -0.2) is 52.6 Å². The molecule has 0 radical (unpaired) electrons. The van der Waals surface area contributed by atoms with Crippen LogP contribution in [0.4, 0.5) is 4.79 Å². The second kappa shape index (κ2) is 6.96. The van der Waals surface area contributed by atoms with Crippen molar-refractivity contribution in [2.45, 2.75) is 46.2 Å². The lowest BCUT2D eigenvalue weighted by molar-refractivity contribution is -0.147. The topological polar surface area (TPSA) is 98.7 Å². The average molecular weight is 273 g/mol. The van der Waals surface area contributed by atoms with Crippen LogP contribution in [0.2, 0.25) is 0 Å². The Hall–Kier alpha value is -1.79. The molecular weight excluding hydrogens is 250 g/mol. The lowest BCUT2D eigenvalue weighted by atomic mass is 10.0. The number of amides is 3. The quantitative estimate of drug-likeness (QED) is 0.652. The summed E-state index contributed by atoms with van der Waals surface area (Å²) in [7, 11) is 0. The Morgan fingerprint density at radius 2 is 1.79 bits per heavy atom.